The number of piperazine rings is 1. The number of halogens is 1. The van der Waals surface area contributed by atoms with Gasteiger partial charge >= 0.3 is 0 Å². The third-order valence-electron chi connectivity index (χ3n) is 5.43. The fourth-order valence-electron chi connectivity index (χ4n) is 3.59. The third-order valence-corrected chi connectivity index (χ3v) is 8.15. The Labute approximate surface area is 190 Å². The number of aromatic nitrogens is 1. The Balaban J connectivity index is 1.21. The van der Waals surface area contributed by atoms with Gasteiger partial charge in [0, 0.05) is 39.3 Å². The quantitative estimate of drug-likeness (QED) is 0.564. The third kappa shape index (κ3) is 5.43. The number of nitrogens with zero attached hydrogens (tertiary/aromatic N) is 3. The van der Waals surface area contributed by atoms with Crippen LogP contribution in [0.5, 0.6) is 0 Å². The Morgan fingerprint density at radius 3 is 2.56 bits per heavy atom. The Morgan fingerprint density at radius 1 is 1.12 bits per heavy atom. The number of benzene rings is 2. The number of carbonyl (C=O) groups is 1. The van der Waals surface area contributed by atoms with Crippen LogP contribution in [0, 0.1) is 12.7 Å². The summed E-state index contributed by atoms with van der Waals surface area (Å²) in [6.07, 6.45) is 0. The molecule has 1 aliphatic rings. The number of sulfone groups is 1. The molecule has 3 aromatic rings. The molecule has 2 aromatic carbocycles. The molecule has 0 saturated carbocycles. The highest BCUT2D eigenvalue weighted by Gasteiger charge is 2.21. The molecule has 32 heavy (non-hydrogen) atoms. The summed E-state index contributed by atoms with van der Waals surface area (Å²) in [5.74, 6) is -1.31. The average Bonchev–Trinajstić information content (AvgIpc) is 3.17. The summed E-state index contributed by atoms with van der Waals surface area (Å²) in [6, 6.07) is 11.1. The van der Waals surface area contributed by atoms with Gasteiger partial charge in [-0.3, -0.25) is 9.69 Å². The molecule has 10 heteroatoms. The summed E-state index contributed by atoms with van der Waals surface area (Å²) >= 11 is 1.49. The summed E-state index contributed by atoms with van der Waals surface area (Å²) in [5.41, 5.74) is 1.77. The van der Waals surface area contributed by atoms with Gasteiger partial charge in [0.25, 0.3) is 0 Å². The number of rotatable bonds is 7. The minimum atomic E-state index is -3.64. The lowest BCUT2D eigenvalue weighted by Gasteiger charge is -2.34. The minimum Gasteiger partial charge on any atom is -0.354 e. The van der Waals surface area contributed by atoms with E-state index in [-0.39, 0.29) is 10.7 Å². The zero-order valence-corrected chi connectivity index (χ0v) is 19.4. The first kappa shape index (κ1) is 22.6. The zero-order chi connectivity index (χ0) is 22.7. The molecule has 2 heterocycles. The SMILES string of the molecule is Cc1ccc(S(=O)(=O)CC(=O)NCCN2CCN(c3nc4ccc(F)cc4s3)CC2)cc1. The van der Waals surface area contributed by atoms with E-state index in [9.17, 15) is 17.6 Å². The van der Waals surface area contributed by atoms with Crippen LogP contribution >= 0.6 is 11.3 Å². The number of hydrogen-bond donors (Lipinski definition) is 1. The van der Waals surface area contributed by atoms with Gasteiger partial charge in [0.1, 0.15) is 11.6 Å². The van der Waals surface area contributed by atoms with E-state index in [1.54, 1.807) is 18.2 Å². The monoisotopic (exact) mass is 476 g/mol. The standard InChI is InChI=1S/C22H25FN4O3S2/c1-16-2-5-18(6-3-16)32(29,30)15-21(28)24-8-9-26-10-12-27(13-11-26)22-25-19-7-4-17(23)14-20(19)31-22/h2-7,14H,8-13,15H2,1H3,(H,24,28). The molecule has 1 amide bonds. The molecular formula is C22H25FN4O3S2. The van der Waals surface area contributed by atoms with Crippen molar-refractivity contribution in [3.05, 3.63) is 53.8 Å². The topological polar surface area (TPSA) is 82.6 Å². The molecule has 0 unspecified atom stereocenters. The van der Waals surface area contributed by atoms with Crippen LogP contribution < -0.4 is 10.2 Å². The average molecular weight is 477 g/mol. The van der Waals surface area contributed by atoms with Gasteiger partial charge in [0.05, 0.1) is 15.1 Å². The highest BCUT2D eigenvalue weighted by atomic mass is 32.2. The number of fused-ring (bicyclic) bond motifs is 1. The molecule has 170 valence electrons. The summed E-state index contributed by atoms with van der Waals surface area (Å²) in [4.78, 5) is 21.3. The van der Waals surface area contributed by atoms with Crippen molar-refractivity contribution >= 4 is 42.4 Å². The van der Waals surface area contributed by atoms with Crippen LogP contribution in [-0.4, -0.2) is 69.2 Å². The van der Waals surface area contributed by atoms with Crippen molar-refractivity contribution in [1.82, 2.24) is 15.2 Å². The lowest BCUT2D eigenvalue weighted by molar-refractivity contribution is -0.118. The molecular weight excluding hydrogens is 451 g/mol. The van der Waals surface area contributed by atoms with Crippen molar-refractivity contribution in [2.75, 3.05) is 49.9 Å². The van der Waals surface area contributed by atoms with E-state index in [1.807, 2.05) is 6.92 Å². The van der Waals surface area contributed by atoms with Crippen molar-refractivity contribution in [1.29, 1.82) is 0 Å². The van der Waals surface area contributed by atoms with E-state index in [0.717, 1.165) is 47.1 Å². The van der Waals surface area contributed by atoms with Crippen LogP contribution in [0.1, 0.15) is 5.56 Å². The smallest absolute Gasteiger partial charge is 0.235 e. The van der Waals surface area contributed by atoms with Crippen LogP contribution in [0.15, 0.2) is 47.4 Å². The maximum Gasteiger partial charge on any atom is 0.235 e. The van der Waals surface area contributed by atoms with Crippen LogP contribution in [0.4, 0.5) is 9.52 Å². The fourth-order valence-corrected chi connectivity index (χ4v) is 5.80. The van der Waals surface area contributed by atoms with Crippen molar-refractivity contribution < 1.29 is 17.6 Å². The van der Waals surface area contributed by atoms with Crippen LogP contribution in [0.25, 0.3) is 10.2 Å². The number of carbonyl (C=O) groups excluding carboxylic acids is 1. The second kappa shape index (κ2) is 9.51. The molecule has 0 bridgehead atoms. The summed E-state index contributed by atoms with van der Waals surface area (Å²) < 4.78 is 39.0. The van der Waals surface area contributed by atoms with Crippen LogP contribution in [0.3, 0.4) is 0 Å². The fraction of sp³-hybridized carbons (Fsp3) is 0.364. The normalized spacial score (nSPS) is 15.2. The number of anilines is 1. The predicted octanol–water partition coefficient (Wildman–Crippen LogP) is 2.46. The lowest BCUT2D eigenvalue weighted by atomic mass is 10.2. The van der Waals surface area contributed by atoms with E-state index in [2.05, 4.69) is 20.1 Å². The van der Waals surface area contributed by atoms with Gasteiger partial charge in [-0.1, -0.05) is 29.0 Å². The van der Waals surface area contributed by atoms with Crippen molar-refractivity contribution in [3.63, 3.8) is 0 Å². The number of hydrogen-bond acceptors (Lipinski definition) is 7. The van der Waals surface area contributed by atoms with E-state index in [1.165, 1.54) is 35.6 Å². The second-order valence-corrected chi connectivity index (χ2v) is 10.9. The van der Waals surface area contributed by atoms with Gasteiger partial charge in [0.15, 0.2) is 15.0 Å². The molecule has 0 radical (unpaired) electrons. The largest absolute Gasteiger partial charge is 0.354 e. The van der Waals surface area contributed by atoms with E-state index in [4.69, 9.17) is 0 Å². The molecule has 1 fully saturated rings. The molecule has 1 N–H and O–H groups in total. The Morgan fingerprint density at radius 2 is 1.84 bits per heavy atom. The van der Waals surface area contributed by atoms with E-state index >= 15 is 0 Å². The molecule has 0 spiro atoms. The van der Waals surface area contributed by atoms with Crippen molar-refractivity contribution in [3.8, 4) is 0 Å². The summed E-state index contributed by atoms with van der Waals surface area (Å²) in [5, 5.41) is 3.60. The highest BCUT2D eigenvalue weighted by molar-refractivity contribution is 7.92. The first-order valence-electron chi connectivity index (χ1n) is 10.4. The number of aryl methyl sites for hydroxylation is 1. The highest BCUT2D eigenvalue weighted by Crippen LogP contribution is 2.29. The number of amides is 1. The maximum absolute atomic E-state index is 13.4. The number of nitrogens with one attached hydrogen (secondary N) is 1. The predicted molar refractivity (Wildman–Crippen MR) is 124 cm³/mol. The van der Waals surface area contributed by atoms with Gasteiger partial charge in [-0.15, -0.1) is 0 Å². The zero-order valence-electron chi connectivity index (χ0n) is 17.8. The van der Waals surface area contributed by atoms with Gasteiger partial charge in [0.2, 0.25) is 5.91 Å². The molecule has 4 rings (SSSR count). The second-order valence-electron chi connectivity index (χ2n) is 7.86. The molecule has 1 saturated heterocycles. The molecule has 0 aliphatic carbocycles. The Kier molecular flexibility index (Phi) is 6.73. The van der Waals surface area contributed by atoms with Gasteiger partial charge in [-0.25, -0.2) is 17.8 Å². The van der Waals surface area contributed by atoms with Crippen molar-refractivity contribution in [2.45, 2.75) is 11.8 Å². The maximum atomic E-state index is 13.4. The van der Waals surface area contributed by atoms with E-state index in [0.29, 0.717) is 13.1 Å². The Bertz CT molecular complexity index is 1200. The Hall–Kier alpha value is -2.56. The molecule has 1 aromatic heterocycles. The van der Waals surface area contributed by atoms with Crippen LogP contribution in [0.2, 0.25) is 0 Å². The van der Waals surface area contributed by atoms with Gasteiger partial charge in [-0.05, 0) is 37.3 Å². The van der Waals surface area contributed by atoms with E-state index < -0.39 is 21.5 Å². The molecule has 7 nitrogen and oxygen atoms in total. The van der Waals surface area contributed by atoms with Gasteiger partial charge < -0.3 is 10.2 Å². The van der Waals surface area contributed by atoms with Crippen molar-refractivity contribution in [2.24, 2.45) is 0 Å². The number of thiazole rings is 1. The summed E-state index contributed by atoms with van der Waals surface area (Å²) in [7, 11) is -3.64. The molecule has 0 atom stereocenters. The molecule has 1 aliphatic heterocycles. The summed E-state index contributed by atoms with van der Waals surface area (Å²) in [6.45, 7) is 6.11. The minimum absolute atomic E-state index is 0.159. The van der Waals surface area contributed by atoms with Gasteiger partial charge in [-0.2, -0.15) is 0 Å². The lowest BCUT2D eigenvalue weighted by Crippen LogP contribution is -2.48. The first-order chi connectivity index (χ1) is 15.3. The van der Waals surface area contributed by atoms with Crippen LogP contribution in [-0.2, 0) is 14.6 Å². The first-order valence-corrected chi connectivity index (χ1v) is 12.9.